The van der Waals surface area contributed by atoms with Crippen LogP contribution in [0.2, 0.25) is 0 Å². The number of aliphatic hydroxyl groups excluding tert-OH is 1. The Bertz CT molecular complexity index is 1710. The molecule has 0 aromatic rings. The maximum absolute atomic E-state index is 13.0. The molecule has 5 atom stereocenters. The Hall–Kier alpha value is -1.94. The van der Waals surface area contributed by atoms with Gasteiger partial charge in [-0.05, 0) is 49.4 Å². The van der Waals surface area contributed by atoms with Crippen molar-refractivity contribution in [2.45, 2.75) is 343 Å². The molecule has 510 valence electrons. The lowest BCUT2D eigenvalue weighted by Gasteiger charge is -2.21. The zero-order valence-electron chi connectivity index (χ0n) is 55.9. The lowest BCUT2D eigenvalue weighted by molar-refractivity contribution is -0.161. The van der Waals surface area contributed by atoms with E-state index >= 15 is 0 Å². The predicted octanol–water partition coefficient (Wildman–Crippen LogP) is 18.5. The Balaban J connectivity index is 5.25. The fourth-order valence-electron chi connectivity index (χ4n) is 9.96. The molecular weight excluding hydrogens is 1140 g/mol. The summed E-state index contributed by atoms with van der Waals surface area (Å²) >= 11 is 0. The molecule has 0 rings (SSSR count). The molecule has 86 heavy (non-hydrogen) atoms. The Morgan fingerprint density at radius 3 is 0.721 bits per heavy atom. The summed E-state index contributed by atoms with van der Waals surface area (Å²) < 4.78 is 68.1. The minimum absolute atomic E-state index is 0.103. The number of esters is 4. The van der Waals surface area contributed by atoms with Crippen LogP contribution in [0.25, 0.3) is 0 Å². The lowest BCUT2D eigenvalue weighted by Crippen LogP contribution is -2.30. The molecule has 17 nitrogen and oxygen atoms in total. The van der Waals surface area contributed by atoms with Crippen LogP contribution in [-0.2, 0) is 65.4 Å². The maximum Gasteiger partial charge on any atom is 0.472 e. The normalized spacial score (nSPS) is 14.4. The maximum atomic E-state index is 13.0. The van der Waals surface area contributed by atoms with Crippen LogP contribution in [-0.4, -0.2) is 96.7 Å². The summed E-state index contributed by atoms with van der Waals surface area (Å²) in [6, 6.07) is 0. The van der Waals surface area contributed by atoms with Gasteiger partial charge in [0.2, 0.25) is 0 Å². The van der Waals surface area contributed by atoms with Crippen LogP contribution >= 0.6 is 15.6 Å². The van der Waals surface area contributed by atoms with Crippen molar-refractivity contribution in [1.82, 2.24) is 0 Å². The first-order valence-corrected chi connectivity index (χ1v) is 37.7. The number of phosphoric ester groups is 2. The van der Waals surface area contributed by atoms with Gasteiger partial charge in [0.15, 0.2) is 12.2 Å². The van der Waals surface area contributed by atoms with E-state index in [1.54, 1.807) is 0 Å². The van der Waals surface area contributed by atoms with Gasteiger partial charge in [0, 0.05) is 25.7 Å². The van der Waals surface area contributed by atoms with Crippen LogP contribution in [0.4, 0.5) is 0 Å². The van der Waals surface area contributed by atoms with Crippen molar-refractivity contribution in [2.75, 3.05) is 39.6 Å². The first kappa shape index (κ1) is 84.1. The smallest absolute Gasteiger partial charge is 0.462 e. The predicted molar refractivity (Wildman–Crippen MR) is 344 cm³/mol. The lowest BCUT2D eigenvalue weighted by atomic mass is 10.0. The first-order valence-electron chi connectivity index (χ1n) is 34.7. The molecule has 0 saturated heterocycles. The number of hydrogen-bond acceptors (Lipinski definition) is 15. The molecule has 0 aliphatic carbocycles. The second kappa shape index (κ2) is 57.0. The summed E-state index contributed by atoms with van der Waals surface area (Å²) in [5, 5.41) is 10.6. The summed E-state index contributed by atoms with van der Waals surface area (Å²) in [6.07, 6.45) is 37.8. The average Bonchev–Trinajstić information content (AvgIpc) is 3.58. The van der Waals surface area contributed by atoms with Gasteiger partial charge in [0.1, 0.15) is 19.3 Å². The van der Waals surface area contributed by atoms with E-state index in [0.29, 0.717) is 31.6 Å². The third-order valence-corrected chi connectivity index (χ3v) is 17.2. The van der Waals surface area contributed by atoms with E-state index in [-0.39, 0.29) is 25.7 Å². The third-order valence-electron chi connectivity index (χ3n) is 15.3. The second-order valence-corrected chi connectivity index (χ2v) is 29.0. The van der Waals surface area contributed by atoms with E-state index in [0.717, 1.165) is 114 Å². The highest BCUT2D eigenvalue weighted by Crippen LogP contribution is 2.45. The van der Waals surface area contributed by atoms with Crippen LogP contribution in [0.15, 0.2) is 0 Å². The molecule has 0 bridgehead atoms. The Kier molecular flexibility index (Phi) is 55.7. The quantitative estimate of drug-likeness (QED) is 0.0222. The molecule has 0 aliphatic heterocycles. The van der Waals surface area contributed by atoms with E-state index < -0.39 is 97.5 Å². The van der Waals surface area contributed by atoms with E-state index in [2.05, 4.69) is 55.4 Å². The van der Waals surface area contributed by atoms with Crippen LogP contribution in [0.5, 0.6) is 0 Å². The standard InChI is InChI=1S/C67H130O17P2/c1-57(2)43-35-27-19-13-10-9-11-15-22-31-39-47-64(69)77-53-62(83-66(71)49-41-33-23-16-12-14-20-28-36-44-58(3)4)55-81-85(73,74)79-51-61(68)52-80-86(75,76)82-56-63(54-78-65(70)48-40-32-26-25-30-38-46-60(7)8)84-67(72)50-42-34-24-18-17-21-29-37-45-59(5)6/h57-63,68H,9-56H2,1-8H3,(H,73,74)(H,75,76)/t61-,62-,63-/m1/s1. The number of phosphoric acid groups is 2. The fourth-order valence-corrected chi connectivity index (χ4v) is 11.5. The van der Waals surface area contributed by atoms with Crippen molar-refractivity contribution in [3.63, 3.8) is 0 Å². The number of ether oxygens (including phenoxy) is 4. The fraction of sp³-hybridized carbons (Fsp3) is 0.940. The Labute approximate surface area is 524 Å². The van der Waals surface area contributed by atoms with Gasteiger partial charge in [-0.1, -0.05) is 274 Å². The summed E-state index contributed by atoms with van der Waals surface area (Å²) in [5.74, 6) is 0.768. The van der Waals surface area contributed by atoms with E-state index in [1.807, 2.05) is 0 Å². The van der Waals surface area contributed by atoms with Gasteiger partial charge in [-0.3, -0.25) is 37.3 Å². The molecule has 0 saturated carbocycles. The van der Waals surface area contributed by atoms with Gasteiger partial charge >= 0.3 is 39.5 Å². The first-order chi connectivity index (χ1) is 41.1. The SMILES string of the molecule is CC(C)CCCCCCCCCCCCCC(=O)OC[C@H](COP(=O)(O)OC[C@@H](O)COP(=O)(O)OC[C@@H](COC(=O)CCCCCCCCC(C)C)OC(=O)CCCCCCCCCCC(C)C)OC(=O)CCCCCCCCCCCC(C)C. The van der Waals surface area contributed by atoms with E-state index in [9.17, 15) is 43.2 Å². The average molecular weight is 1270 g/mol. The summed E-state index contributed by atoms with van der Waals surface area (Å²) in [6.45, 7) is 14.0. The van der Waals surface area contributed by atoms with Gasteiger partial charge in [-0.15, -0.1) is 0 Å². The van der Waals surface area contributed by atoms with Crippen LogP contribution in [0, 0.1) is 23.7 Å². The topological polar surface area (TPSA) is 237 Å². The Morgan fingerprint density at radius 2 is 0.488 bits per heavy atom. The van der Waals surface area contributed by atoms with Gasteiger partial charge in [-0.2, -0.15) is 0 Å². The van der Waals surface area contributed by atoms with Crippen molar-refractivity contribution < 1.29 is 80.2 Å². The molecule has 0 fully saturated rings. The molecule has 0 radical (unpaired) electrons. The molecule has 19 heteroatoms. The number of rotatable bonds is 64. The minimum atomic E-state index is -4.95. The zero-order valence-corrected chi connectivity index (χ0v) is 57.7. The van der Waals surface area contributed by atoms with Crippen molar-refractivity contribution in [2.24, 2.45) is 23.7 Å². The largest absolute Gasteiger partial charge is 0.472 e. The number of hydrogen-bond donors (Lipinski definition) is 3. The van der Waals surface area contributed by atoms with Gasteiger partial charge < -0.3 is 33.8 Å². The second-order valence-electron chi connectivity index (χ2n) is 26.1. The van der Waals surface area contributed by atoms with E-state index in [4.69, 9.17) is 37.0 Å². The highest BCUT2D eigenvalue weighted by Gasteiger charge is 2.30. The highest BCUT2D eigenvalue weighted by molar-refractivity contribution is 7.47. The van der Waals surface area contributed by atoms with Gasteiger partial charge in [-0.25, -0.2) is 9.13 Å². The molecule has 0 heterocycles. The number of aliphatic hydroxyl groups is 1. The molecular formula is C67H130O17P2. The van der Waals surface area contributed by atoms with Crippen molar-refractivity contribution in [3.05, 3.63) is 0 Å². The van der Waals surface area contributed by atoms with Crippen LogP contribution in [0.3, 0.4) is 0 Å². The number of unbranched alkanes of at least 4 members (excludes halogenated alkanes) is 30. The third kappa shape index (κ3) is 60.9. The molecule has 0 aromatic heterocycles. The van der Waals surface area contributed by atoms with Gasteiger partial charge in [0.05, 0.1) is 26.4 Å². The zero-order chi connectivity index (χ0) is 63.9. The minimum Gasteiger partial charge on any atom is -0.462 e. The van der Waals surface area contributed by atoms with Crippen molar-refractivity contribution >= 4 is 39.5 Å². The molecule has 0 aromatic carbocycles. The van der Waals surface area contributed by atoms with Crippen LogP contribution < -0.4 is 0 Å². The molecule has 2 unspecified atom stereocenters. The molecule has 0 aliphatic rings. The monoisotopic (exact) mass is 1270 g/mol. The summed E-state index contributed by atoms with van der Waals surface area (Å²) in [4.78, 5) is 72.3. The van der Waals surface area contributed by atoms with Crippen LogP contribution in [0.1, 0.15) is 325 Å². The van der Waals surface area contributed by atoms with Gasteiger partial charge in [0.25, 0.3) is 0 Å². The molecule has 0 spiro atoms. The molecule has 3 N–H and O–H groups in total. The number of carbonyl (C=O) groups is 4. The summed E-state index contributed by atoms with van der Waals surface area (Å²) in [5.41, 5.74) is 0. The summed E-state index contributed by atoms with van der Waals surface area (Å²) in [7, 11) is -9.90. The Morgan fingerprint density at radius 1 is 0.291 bits per heavy atom. The molecule has 0 amide bonds. The van der Waals surface area contributed by atoms with Crippen molar-refractivity contribution in [1.29, 1.82) is 0 Å². The van der Waals surface area contributed by atoms with Crippen molar-refractivity contribution in [3.8, 4) is 0 Å². The highest BCUT2D eigenvalue weighted by atomic mass is 31.2. The number of carbonyl (C=O) groups excluding carboxylic acids is 4. The van der Waals surface area contributed by atoms with E-state index in [1.165, 1.54) is 122 Å².